The Balaban J connectivity index is 3.41. The second kappa shape index (κ2) is 35.0. The standard InChI is InChI=1S/C40H76N2O9/c1-6-7-8-9-10-11-12-13-14-15-16-23-38(45)41-26-30-50-34-32-47-27-18-21-36(43)24-29-49-33-31-48-28-19-22-37(44)35(2)20-17-25-42-39(46)51-40(3,4)5/h35H,6-34H2,1-5H3,(H,41,45)(H,42,46)/t35-/m0/s1. The Hall–Kier alpha value is -2.08. The van der Waals surface area contributed by atoms with Gasteiger partial charge in [0.2, 0.25) is 5.91 Å². The molecule has 0 saturated carbocycles. The zero-order valence-corrected chi connectivity index (χ0v) is 33.3. The van der Waals surface area contributed by atoms with E-state index in [0.29, 0.717) is 111 Å². The molecule has 11 nitrogen and oxygen atoms in total. The van der Waals surface area contributed by atoms with Crippen molar-refractivity contribution in [1.29, 1.82) is 0 Å². The van der Waals surface area contributed by atoms with E-state index in [4.69, 9.17) is 23.7 Å². The lowest BCUT2D eigenvalue weighted by molar-refractivity contribution is -0.123. The van der Waals surface area contributed by atoms with E-state index in [-0.39, 0.29) is 23.4 Å². The lowest BCUT2D eigenvalue weighted by Gasteiger charge is -2.19. The van der Waals surface area contributed by atoms with Crippen molar-refractivity contribution in [2.75, 3.05) is 65.9 Å². The number of Topliss-reactive ketones (excluding diaryl/α,β-unsaturated/α-hetero) is 2. The van der Waals surface area contributed by atoms with Crippen LogP contribution in [0.2, 0.25) is 0 Å². The van der Waals surface area contributed by atoms with Gasteiger partial charge in [-0.2, -0.15) is 0 Å². The van der Waals surface area contributed by atoms with Gasteiger partial charge in [-0.15, -0.1) is 0 Å². The van der Waals surface area contributed by atoms with E-state index in [1.54, 1.807) is 0 Å². The Kier molecular flexibility index (Phi) is 33.5. The van der Waals surface area contributed by atoms with Crippen LogP contribution in [0.3, 0.4) is 0 Å². The molecule has 51 heavy (non-hydrogen) atoms. The Labute approximate surface area is 310 Å². The third-order valence-corrected chi connectivity index (χ3v) is 8.33. The first-order chi connectivity index (χ1) is 24.5. The molecular weight excluding hydrogens is 652 g/mol. The predicted octanol–water partition coefficient (Wildman–Crippen LogP) is 7.90. The molecule has 0 aromatic carbocycles. The van der Waals surface area contributed by atoms with Gasteiger partial charge in [-0.25, -0.2) is 4.79 Å². The summed E-state index contributed by atoms with van der Waals surface area (Å²) >= 11 is 0. The highest BCUT2D eigenvalue weighted by Crippen LogP contribution is 2.13. The van der Waals surface area contributed by atoms with Crippen LogP contribution in [0.25, 0.3) is 0 Å². The Bertz CT molecular complexity index is 863. The topological polar surface area (TPSA) is 138 Å². The molecule has 2 amide bonds. The molecule has 0 aliphatic carbocycles. The van der Waals surface area contributed by atoms with Crippen molar-refractivity contribution in [2.24, 2.45) is 5.92 Å². The first-order valence-corrected chi connectivity index (χ1v) is 20.1. The maximum atomic E-state index is 12.3. The van der Waals surface area contributed by atoms with E-state index in [0.717, 1.165) is 19.3 Å². The summed E-state index contributed by atoms with van der Waals surface area (Å²) in [5.74, 6) is 0.386. The zero-order chi connectivity index (χ0) is 37.8. The van der Waals surface area contributed by atoms with Crippen LogP contribution in [0.15, 0.2) is 0 Å². The monoisotopic (exact) mass is 729 g/mol. The summed E-state index contributed by atoms with van der Waals surface area (Å²) < 4.78 is 27.3. The van der Waals surface area contributed by atoms with Crippen molar-refractivity contribution in [3.05, 3.63) is 0 Å². The number of hydrogen-bond acceptors (Lipinski definition) is 9. The number of unbranched alkanes of at least 4 members (excludes halogenated alkanes) is 10. The summed E-state index contributed by atoms with van der Waals surface area (Å²) in [6.07, 6.45) is 18.2. The summed E-state index contributed by atoms with van der Waals surface area (Å²) in [6.45, 7) is 14.2. The summed E-state index contributed by atoms with van der Waals surface area (Å²) in [4.78, 5) is 48.0. The fourth-order valence-electron chi connectivity index (χ4n) is 5.30. The molecule has 0 spiro atoms. The van der Waals surface area contributed by atoms with Gasteiger partial charge in [-0.05, 0) is 52.9 Å². The van der Waals surface area contributed by atoms with Crippen molar-refractivity contribution < 1.29 is 42.9 Å². The first-order valence-electron chi connectivity index (χ1n) is 20.1. The molecular formula is C40H76N2O9. The molecule has 0 bridgehead atoms. The number of alkyl carbamates (subject to hydrolysis) is 1. The number of carbonyl (C=O) groups excluding carboxylic acids is 4. The van der Waals surface area contributed by atoms with Gasteiger partial charge in [0.05, 0.1) is 39.6 Å². The van der Waals surface area contributed by atoms with E-state index in [9.17, 15) is 19.2 Å². The number of ketones is 2. The van der Waals surface area contributed by atoms with Gasteiger partial charge in [0.1, 0.15) is 17.2 Å². The van der Waals surface area contributed by atoms with Crippen LogP contribution in [0.1, 0.15) is 157 Å². The normalized spacial score (nSPS) is 12.1. The van der Waals surface area contributed by atoms with E-state index in [1.165, 1.54) is 57.8 Å². The average molecular weight is 729 g/mol. The van der Waals surface area contributed by atoms with Crippen LogP contribution in [-0.4, -0.2) is 95.1 Å². The van der Waals surface area contributed by atoms with Crippen molar-refractivity contribution in [2.45, 2.75) is 162 Å². The minimum Gasteiger partial charge on any atom is -0.444 e. The maximum Gasteiger partial charge on any atom is 0.407 e. The van der Waals surface area contributed by atoms with Crippen molar-refractivity contribution in [1.82, 2.24) is 10.6 Å². The lowest BCUT2D eigenvalue weighted by atomic mass is 9.97. The molecule has 0 unspecified atom stereocenters. The van der Waals surface area contributed by atoms with Gasteiger partial charge in [0, 0.05) is 57.9 Å². The number of carbonyl (C=O) groups is 4. The molecule has 0 saturated heterocycles. The number of hydrogen-bond donors (Lipinski definition) is 2. The summed E-state index contributed by atoms with van der Waals surface area (Å²) in [5.41, 5.74) is -0.523. The molecule has 0 aliphatic rings. The highest BCUT2D eigenvalue weighted by atomic mass is 16.6. The summed E-state index contributed by atoms with van der Waals surface area (Å²) in [7, 11) is 0. The van der Waals surface area contributed by atoms with Crippen molar-refractivity contribution in [3.8, 4) is 0 Å². The van der Waals surface area contributed by atoms with E-state index < -0.39 is 11.7 Å². The molecule has 0 aliphatic heterocycles. The Morgan fingerprint density at radius 2 is 1.06 bits per heavy atom. The molecule has 0 radical (unpaired) electrons. The van der Waals surface area contributed by atoms with Gasteiger partial charge in [0.25, 0.3) is 0 Å². The number of ether oxygens (including phenoxy) is 5. The second-order valence-corrected chi connectivity index (χ2v) is 14.5. The number of rotatable bonds is 37. The summed E-state index contributed by atoms with van der Waals surface area (Å²) in [6, 6.07) is 0. The Morgan fingerprint density at radius 1 is 0.529 bits per heavy atom. The van der Waals surface area contributed by atoms with E-state index >= 15 is 0 Å². The molecule has 0 heterocycles. The van der Waals surface area contributed by atoms with Crippen LogP contribution in [0.4, 0.5) is 4.79 Å². The largest absolute Gasteiger partial charge is 0.444 e. The molecule has 0 fully saturated rings. The summed E-state index contributed by atoms with van der Waals surface area (Å²) in [5, 5.41) is 5.63. The zero-order valence-electron chi connectivity index (χ0n) is 33.3. The second-order valence-electron chi connectivity index (χ2n) is 14.5. The van der Waals surface area contributed by atoms with E-state index in [1.807, 2.05) is 27.7 Å². The lowest BCUT2D eigenvalue weighted by Crippen LogP contribution is -2.33. The molecule has 1 atom stereocenters. The van der Waals surface area contributed by atoms with Crippen LogP contribution >= 0.6 is 0 Å². The fraction of sp³-hybridized carbons (Fsp3) is 0.900. The highest BCUT2D eigenvalue weighted by Gasteiger charge is 2.16. The van der Waals surface area contributed by atoms with E-state index in [2.05, 4.69) is 17.6 Å². The van der Waals surface area contributed by atoms with Gasteiger partial charge in [-0.3, -0.25) is 14.4 Å². The molecule has 11 heteroatoms. The number of nitrogens with one attached hydrogen (secondary N) is 2. The van der Waals surface area contributed by atoms with Crippen LogP contribution in [0, 0.1) is 5.92 Å². The molecule has 0 aromatic rings. The van der Waals surface area contributed by atoms with Gasteiger partial charge < -0.3 is 34.3 Å². The van der Waals surface area contributed by atoms with Crippen LogP contribution < -0.4 is 10.6 Å². The van der Waals surface area contributed by atoms with Crippen molar-refractivity contribution in [3.63, 3.8) is 0 Å². The SMILES string of the molecule is CCCCCCCCCCCCCC(=O)NCCOCCOCCCC(=O)CCOCCOCCCC(=O)[C@@H](C)CCCNC(=O)OC(C)(C)C. The highest BCUT2D eigenvalue weighted by molar-refractivity contribution is 5.80. The first kappa shape index (κ1) is 48.9. The Morgan fingerprint density at radius 3 is 1.65 bits per heavy atom. The molecule has 300 valence electrons. The quantitative estimate of drug-likeness (QED) is 0.0612. The molecule has 0 aromatic heterocycles. The third kappa shape index (κ3) is 37.5. The minimum atomic E-state index is -0.523. The maximum absolute atomic E-state index is 12.3. The average Bonchev–Trinajstić information content (AvgIpc) is 3.08. The number of amides is 2. The third-order valence-electron chi connectivity index (χ3n) is 8.33. The van der Waals surface area contributed by atoms with Gasteiger partial charge >= 0.3 is 6.09 Å². The van der Waals surface area contributed by atoms with Gasteiger partial charge in [-0.1, -0.05) is 78.1 Å². The minimum absolute atomic E-state index is 0.0582. The molecule has 0 rings (SSSR count). The van der Waals surface area contributed by atoms with Crippen LogP contribution in [-0.2, 0) is 38.1 Å². The smallest absolute Gasteiger partial charge is 0.407 e. The van der Waals surface area contributed by atoms with Gasteiger partial charge in [0.15, 0.2) is 0 Å². The van der Waals surface area contributed by atoms with Crippen LogP contribution in [0.5, 0.6) is 0 Å². The molecule has 2 N–H and O–H groups in total. The fourth-order valence-corrected chi connectivity index (χ4v) is 5.30. The van der Waals surface area contributed by atoms with Crippen molar-refractivity contribution >= 4 is 23.6 Å². The predicted molar refractivity (Wildman–Crippen MR) is 203 cm³/mol.